The first-order valence-electron chi connectivity index (χ1n) is 10.4. The summed E-state index contributed by atoms with van der Waals surface area (Å²) in [6.45, 7) is 0.115. The Balaban J connectivity index is 1.46. The SMILES string of the molecule is CN(Cc1nc2cc(C3CC3)ccc2[nH]1)C(=O)CN(C)c1cc(C(F)(F)F)ccc1OC=O. The number of imidazole rings is 1. The summed E-state index contributed by atoms with van der Waals surface area (Å²) >= 11 is 0. The zero-order chi connectivity index (χ0) is 23.8. The van der Waals surface area contributed by atoms with Gasteiger partial charge >= 0.3 is 6.18 Å². The number of carbonyl (C=O) groups is 2. The molecule has 1 N–H and O–H groups in total. The number of amides is 1. The Morgan fingerprint density at radius 2 is 1.97 bits per heavy atom. The van der Waals surface area contributed by atoms with E-state index < -0.39 is 11.7 Å². The van der Waals surface area contributed by atoms with E-state index >= 15 is 0 Å². The van der Waals surface area contributed by atoms with Crippen LogP contribution in [0, 0.1) is 0 Å². The second-order valence-electron chi connectivity index (χ2n) is 8.23. The summed E-state index contributed by atoms with van der Waals surface area (Å²) in [5, 5.41) is 0. The lowest BCUT2D eigenvalue weighted by Crippen LogP contribution is -2.36. The zero-order valence-corrected chi connectivity index (χ0v) is 18.1. The maximum Gasteiger partial charge on any atom is 0.416 e. The Bertz CT molecular complexity index is 1190. The van der Waals surface area contributed by atoms with Gasteiger partial charge < -0.3 is 19.5 Å². The van der Waals surface area contributed by atoms with Crippen LogP contribution in [0.5, 0.6) is 5.75 Å². The molecule has 0 saturated heterocycles. The number of benzene rings is 2. The van der Waals surface area contributed by atoms with Crippen molar-refractivity contribution in [1.82, 2.24) is 14.9 Å². The Labute approximate surface area is 188 Å². The van der Waals surface area contributed by atoms with E-state index in [9.17, 15) is 22.8 Å². The van der Waals surface area contributed by atoms with Crippen molar-refractivity contribution in [1.29, 1.82) is 0 Å². The van der Waals surface area contributed by atoms with Gasteiger partial charge in [0, 0.05) is 14.1 Å². The fourth-order valence-electron chi connectivity index (χ4n) is 3.69. The van der Waals surface area contributed by atoms with E-state index in [0.717, 1.165) is 29.2 Å². The van der Waals surface area contributed by atoms with Gasteiger partial charge in [-0.3, -0.25) is 9.59 Å². The van der Waals surface area contributed by atoms with E-state index in [0.29, 0.717) is 11.7 Å². The number of fused-ring (bicyclic) bond motifs is 1. The van der Waals surface area contributed by atoms with Crippen LogP contribution in [0.3, 0.4) is 0 Å². The molecule has 2 aromatic carbocycles. The van der Waals surface area contributed by atoms with Gasteiger partial charge in [0.15, 0.2) is 5.75 Å². The second-order valence-corrected chi connectivity index (χ2v) is 8.23. The first-order chi connectivity index (χ1) is 15.7. The molecular formula is C23H23F3N4O3. The minimum atomic E-state index is -4.57. The first kappa shape index (κ1) is 22.6. The lowest BCUT2D eigenvalue weighted by molar-refractivity contribution is -0.137. The highest BCUT2D eigenvalue weighted by molar-refractivity contribution is 5.82. The van der Waals surface area contributed by atoms with Crippen molar-refractivity contribution in [3.63, 3.8) is 0 Å². The van der Waals surface area contributed by atoms with Gasteiger partial charge in [-0.15, -0.1) is 0 Å². The van der Waals surface area contributed by atoms with E-state index in [4.69, 9.17) is 4.74 Å². The van der Waals surface area contributed by atoms with E-state index in [1.807, 2.05) is 6.07 Å². The average Bonchev–Trinajstić information content (AvgIpc) is 3.53. The summed E-state index contributed by atoms with van der Waals surface area (Å²) in [5.41, 5.74) is 2.06. The van der Waals surface area contributed by atoms with Crippen LogP contribution in [0.15, 0.2) is 36.4 Å². The number of aromatic amines is 1. The Kier molecular flexibility index (Phi) is 6.01. The van der Waals surface area contributed by atoms with Gasteiger partial charge in [-0.25, -0.2) is 4.98 Å². The number of H-pyrrole nitrogens is 1. The number of anilines is 1. The molecule has 0 atom stereocenters. The molecule has 1 fully saturated rings. The summed E-state index contributed by atoms with van der Waals surface area (Å²) in [6.07, 6.45) is -2.19. The molecule has 1 aromatic heterocycles. The molecule has 174 valence electrons. The highest BCUT2D eigenvalue weighted by Crippen LogP contribution is 2.40. The number of likely N-dealkylation sites (N-methyl/N-ethyl adjacent to an activating group) is 2. The fraction of sp³-hybridized carbons (Fsp3) is 0.348. The van der Waals surface area contributed by atoms with Gasteiger partial charge in [0.2, 0.25) is 5.91 Å². The van der Waals surface area contributed by atoms with Gasteiger partial charge in [0.05, 0.1) is 35.4 Å². The van der Waals surface area contributed by atoms with Crippen LogP contribution in [-0.4, -0.2) is 47.9 Å². The van der Waals surface area contributed by atoms with Crippen LogP contribution < -0.4 is 9.64 Å². The number of alkyl halides is 3. The maximum absolute atomic E-state index is 13.1. The minimum Gasteiger partial charge on any atom is -0.427 e. The summed E-state index contributed by atoms with van der Waals surface area (Å²) in [4.78, 5) is 34.0. The van der Waals surface area contributed by atoms with E-state index in [1.165, 1.54) is 35.3 Å². The largest absolute Gasteiger partial charge is 0.427 e. The number of rotatable bonds is 8. The molecule has 1 aliphatic carbocycles. The Hall–Kier alpha value is -3.56. The van der Waals surface area contributed by atoms with E-state index in [1.54, 1.807) is 7.05 Å². The molecule has 33 heavy (non-hydrogen) atoms. The Morgan fingerprint density at radius 1 is 1.21 bits per heavy atom. The molecule has 1 heterocycles. The van der Waals surface area contributed by atoms with Gasteiger partial charge in [-0.05, 0) is 54.7 Å². The van der Waals surface area contributed by atoms with Crippen molar-refractivity contribution >= 4 is 29.1 Å². The summed E-state index contributed by atoms with van der Waals surface area (Å²) in [6, 6.07) is 8.85. The normalized spacial score (nSPS) is 13.7. The smallest absolute Gasteiger partial charge is 0.416 e. The third-order valence-electron chi connectivity index (χ3n) is 5.66. The predicted octanol–water partition coefficient (Wildman–Crippen LogP) is 4.09. The maximum atomic E-state index is 13.1. The number of carbonyl (C=O) groups excluding carboxylic acids is 2. The van der Waals surface area contributed by atoms with Gasteiger partial charge in [0.1, 0.15) is 5.82 Å². The van der Waals surface area contributed by atoms with Crippen LogP contribution in [0.25, 0.3) is 11.0 Å². The van der Waals surface area contributed by atoms with Crippen molar-refractivity contribution < 1.29 is 27.5 Å². The van der Waals surface area contributed by atoms with Gasteiger partial charge in [-0.1, -0.05) is 6.07 Å². The van der Waals surface area contributed by atoms with E-state index in [-0.39, 0.29) is 36.9 Å². The van der Waals surface area contributed by atoms with E-state index in [2.05, 4.69) is 22.1 Å². The van der Waals surface area contributed by atoms with Crippen LogP contribution in [0.1, 0.15) is 35.7 Å². The first-order valence-corrected chi connectivity index (χ1v) is 10.4. The third-order valence-corrected chi connectivity index (χ3v) is 5.66. The molecule has 1 saturated carbocycles. The molecule has 0 radical (unpaired) electrons. The van der Waals surface area contributed by atoms with Crippen molar-refractivity contribution in [2.24, 2.45) is 0 Å². The van der Waals surface area contributed by atoms with Crippen LogP contribution in [0.4, 0.5) is 18.9 Å². The minimum absolute atomic E-state index is 0.0185. The molecule has 7 nitrogen and oxygen atoms in total. The quantitative estimate of drug-likeness (QED) is 0.513. The fourth-order valence-corrected chi connectivity index (χ4v) is 3.69. The number of hydrogen-bond donors (Lipinski definition) is 1. The van der Waals surface area contributed by atoms with Gasteiger partial charge in [-0.2, -0.15) is 13.2 Å². The lowest BCUT2D eigenvalue weighted by atomic mass is 10.1. The molecule has 0 spiro atoms. The summed E-state index contributed by atoms with van der Waals surface area (Å²) in [7, 11) is 3.05. The number of ether oxygens (including phenoxy) is 1. The molecule has 3 aromatic rings. The number of halogens is 3. The predicted molar refractivity (Wildman–Crippen MR) is 116 cm³/mol. The monoisotopic (exact) mass is 460 g/mol. The molecule has 0 bridgehead atoms. The molecule has 10 heteroatoms. The van der Waals surface area contributed by atoms with Crippen LogP contribution in [0.2, 0.25) is 0 Å². The van der Waals surface area contributed by atoms with Crippen LogP contribution >= 0.6 is 0 Å². The van der Waals surface area contributed by atoms with Crippen molar-refractivity contribution in [2.75, 3.05) is 25.5 Å². The number of nitrogens with one attached hydrogen (secondary N) is 1. The lowest BCUT2D eigenvalue weighted by Gasteiger charge is -2.24. The number of nitrogens with zero attached hydrogens (tertiary/aromatic N) is 3. The van der Waals surface area contributed by atoms with Crippen molar-refractivity contribution in [3.05, 3.63) is 53.3 Å². The average molecular weight is 460 g/mol. The number of aromatic nitrogens is 2. The molecule has 1 amide bonds. The molecule has 4 rings (SSSR count). The third kappa shape index (κ3) is 5.10. The highest BCUT2D eigenvalue weighted by atomic mass is 19.4. The van der Waals surface area contributed by atoms with Crippen LogP contribution in [-0.2, 0) is 22.3 Å². The number of hydrogen-bond acceptors (Lipinski definition) is 5. The summed E-state index contributed by atoms with van der Waals surface area (Å²) in [5.74, 6) is 0.810. The summed E-state index contributed by atoms with van der Waals surface area (Å²) < 4.78 is 44.2. The standard InChI is InChI=1S/C23H23F3N4O3/c1-29(19-10-16(23(24,25)26)6-8-20(19)33-13-31)12-22(32)30(2)11-21-27-17-7-5-15(14-3-4-14)9-18(17)28-21/h5-10,13-14H,3-4,11-12H2,1-2H3,(H,27,28). The van der Waals surface area contributed by atoms with Gasteiger partial charge in [0.25, 0.3) is 6.47 Å². The zero-order valence-electron chi connectivity index (χ0n) is 18.1. The molecule has 0 unspecified atom stereocenters. The molecule has 0 aliphatic heterocycles. The molecule has 1 aliphatic rings. The molecular weight excluding hydrogens is 437 g/mol. The second kappa shape index (κ2) is 8.76. The topological polar surface area (TPSA) is 78.5 Å². The van der Waals surface area contributed by atoms with Crippen molar-refractivity contribution in [2.45, 2.75) is 31.5 Å². The Morgan fingerprint density at radius 3 is 2.64 bits per heavy atom. The van der Waals surface area contributed by atoms with Crippen molar-refractivity contribution in [3.8, 4) is 5.75 Å². The highest BCUT2D eigenvalue weighted by Gasteiger charge is 2.32.